The summed E-state index contributed by atoms with van der Waals surface area (Å²) in [5.74, 6) is 0.609. The molecule has 0 unspecified atom stereocenters. The molecule has 0 aliphatic heterocycles. The van der Waals surface area contributed by atoms with E-state index in [9.17, 15) is 0 Å². The monoisotopic (exact) mass is 284 g/mol. The van der Waals surface area contributed by atoms with Crippen LogP contribution in [-0.4, -0.2) is 11.7 Å². The molecule has 0 spiro atoms. The van der Waals surface area contributed by atoms with Crippen molar-refractivity contribution in [1.29, 1.82) is 0 Å². The highest BCUT2D eigenvalue weighted by Gasteiger charge is 2.05. The molecule has 21 heavy (non-hydrogen) atoms. The minimum atomic E-state index is 0.0120. The van der Waals surface area contributed by atoms with E-state index in [0.717, 1.165) is 22.5 Å². The van der Waals surface area contributed by atoms with Gasteiger partial charge >= 0.3 is 0 Å². The summed E-state index contributed by atoms with van der Waals surface area (Å²) < 4.78 is 5.37. The first-order chi connectivity index (χ1) is 10.1. The van der Waals surface area contributed by atoms with E-state index in [1.165, 1.54) is 0 Å². The molecule has 0 atom stereocenters. The Hall–Kier alpha value is -2.46. The third kappa shape index (κ3) is 3.77. The van der Waals surface area contributed by atoms with Gasteiger partial charge in [-0.15, -0.1) is 0 Å². The van der Waals surface area contributed by atoms with E-state index in [-0.39, 0.29) is 6.61 Å². The Bertz CT molecular complexity index is 638. The Morgan fingerprint density at radius 3 is 2.76 bits per heavy atom. The fraction of sp³-hybridized carbons (Fsp3) is 0.176. The van der Waals surface area contributed by atoms with Gasteiger partial charge in [-0.3, -0.25) is 0 Å². The number of nitrogens with one attached hydrogen (secondary N) is 1. The van der Waals surface area contributed by atoms with E-state index >= 15 is 0 Å². The molecule has 0 amide bonds. The lowest BCUT2D eigenvalue weighted by atomic mass is 10.1. The van der Waals surface area contributed by atoms with Crippen molar-refractivity contribution in [3.05, 3.63) is 60.2 Å². The Kier molecular flexibility index (Phi) is 4.85. The predicted molar refractivity (Wildman–Crippen MR) is 87.2 cm³/mol. The minimum Gasteiger partial charge on any atom is -0.494 e. The molecule has 0 radical (unpaired) electrons. The number of nitrogens with two attached hydrogens (primary N) is 1. The molecule has 0 heterocycles. The second-order valence-corrected chi connectivity index (χ2v) is 4.64. The van der Waals surface area contributed by atoms with Gasteiger partial charge in [0.2, 0.25) is 0 Å². The number of ether oxygens (including phenoxy) is 1. The van der Waals surface area contributed by atoms with Crippen molar-refractivity contribution in [3.63, 3.8) is 0 Å². The molecule has 2 rings (SSSR count). The van der Waals surface area contributed by atoms with Crippen molar-refractivity contribution >= 4 is 22.8 Å². The predicted octanol–water partition coefficient (Wildman–Crippen LogP) is 3.51. The van der Waals surface area contributed by atoms with Crippen LogP contribution in [0, 0.1) is 0 Å². The molecule has 110 valence electrons. The molecule has 0 aromatic heterocycles. The van der Waals surface area contributed by atoms with E-state index in [1.54, 1.807) is 0 Å². The van der Waals surface area contributed by atoms with Crippen molar-refractivity contribution in [2.24, 2.45) is 0 Å². The smallest absolute Gasteiger partial charge is 0.119 e. The van der Waals surface area contributed by atoms with E-state index in [0.29, 0.717) is 18.1 Å². The van der Waals surface area contributed by atoms with E-state index < -0.39 is 0 Å². The fourth-order valence-electron chi connectivity index (χ4n) is 2.01. The summed E-state index contributed by atoms with van der Waals surface area (Å²) in [7, 11) is 0. The summed E-state index contributed by atoms with van der Waals surface area (Å²) in [4.78, 5) is 0. The number of nitrogen functional groups attached to an aromatic ring is 1. The Balaban J connectivity index is 2.19. The summed E-state index contributed by atoms with van der Waals surface area (Å²) in [5.41, 5.74) is 10.1. The third-order valence-electron chi connectivity index (χ3n) is 3.08. The summed E-state index contributed by atoms with van der Waals surface area (Å²) in [6.07, 6.45) is 0. The average molecular weight is 284 g/mol. The van der Waals surface area contributed by atoms with Gasteiger partial charge in [0.05, 0.1) is 24.6 Å². The molecule has 0 saturated heterocycles. The Labute approximate surface area is 124 Å². The zero-order valence-electron chi connectivity index (χ0n) is 12.1. The van der Waals surface area contributed by atoms with Gasteiger partial charge in [-0.2, -0.15) is 0 Å². The molecule has 4 N–H and O–H groups in total. The lowest BCUT2D eigenvalue weighted by molar-refractivity contribution is 0.282. The van der Waals surface area contributed by atoms with Gasteiger partial charge in [-0.25, -0.2) is 0 Å². The standard InChI is InChI=1S/C17H20N2O2/c1-3-21-12(2)14-7-8-17(16(18)10-14)19-15-6-4-5-13(9-15)11-20/h4-10,19-20H,2-3,11,18H2,1H3. The molecule has 0 bridgehead atoms. The van der Waals surface area contributed by atoms with Crippen LogP contribution in [0.2, 0.25) is 0 Å². The van der Waals surface area contributed by atoms with E-state index in [1.807, 2.05) is 49.4 Å². The SMILES string of the molecule is C=C(OCC)c1ccc(Nc2cccc(CO)c2)c(N)c1. The number of anilines is 3. The number of benzene rings is 2. The summed E-state index contributed by atoms with van der Waals surface area (Å²) in [6.45, 7) is 6.37. The Morgan fingerprint density at radius 1 is 1.29 bits per heavy atom. The van der Waals surface area contributed by atoms with Crippen LogP contribution in [0.1, 0.15) is 18.1 Å². The number of hydrogen-bond donors (Lipinski definition) is 3. The van der Waals surface area contributed by atoms with Gasteiger partial charge in [-0.05, 0) is 42.8 Å². The highest BCUT2D eigenvalue weighted by atomic mass is 16.5. The Morgan fingerprint density at radius 2 is 2.10 bits per heavy atom. The lowest BCUT2D eigenvalue weighted by Gasteiger charge is -2.13. The van der Waals surface area contributed by atoms with Gasteiger partial charge in [0, 0.05) is 11.3 Å². The third-order valence-corrected chi connectivity index (χ3v) is 3.08. The molecule has 0 saturated carbocycles. The van der Waals surface area contributed by atoms with Crippen LogP contribution in [0.4, 0.5) is 17.1 Å². The van der Waals surface area contributed by atoms with Crippen molar-refractivity contribution in [2.75, 3.05) is 17.7 Å². The quantitative estimate of drug-likeness (QED) is 0.561. The number of hydrogen-bond acceptors (Lipinski definition) is 4. The maximum absolute atomic E-state index is 9.15. The van der Waals surface area contributed by atoms with Crippen LogP contribution in [0.5, 0.6) is 0 Å². The van der Waals surface area contributed by atoms with Crippen LogP contribution in [0.3, 0.4) is 0 Å². The highest BCUT2D eigenvalue weighted by molar-refractivity contribution is 5.76. The van der Waals surface area contributed by atoms with Gasteiger partial charge in [0.15, 0.2) is 0 Å². The van der Waals surface area contributed by atoms with Gasteiger partial charge in [0.25, 0.3) is 0 Å². The lowest BCUT2D eigenvalue weighted by Crippen LogP contribution is -1.99. The zero-order chi connectivity index (χ0) is 15.2. The maximum atomic E-state index is 9.15. The first kappa shape index (κ1) is 14.9. The van der Waals surface area contributed by atoms with E-state index in [2.05, 4.69) is 11.9 Å². The van der Waals surface area contributed by atoms with Crippen molar-refractivity contribution in [3.8, 4) is 0 Å². The molecule has 0 aliphatic rings. The molecular weight excluding hydrogens is 264 g/mol. The van der Waals surface area contributed by atoms with Crippen molar-refractivity contribution < 1.29 is 9.84 Å². The first-order valence-electron chi connectivity index (χ1n) is 6.82. The summed E-state index contributed by atoms with van der Waals surface area (Å²) in [6, 6.07) is 13.2. The topological polar surface area (TPSA) is 67.5 Å². The number of aliphatic hydroxyl groups excluding tert-OH is 1. The van der Waals surface area contributed by atoms with E-state index in [4.69, 9.17) is 15.6 Å². The van der Waals surface area contributed by atoms with Crippen LogP contribution in [-0.2, 0) is 11.3 Å². The fourth-order valence-corrected chi connectivity index (χ4v) is 2.01. The van der Waals surface area contributed by atoms with Gasteiger partial charge in [-0.1, -0.05) is 18.7 Å². The van der Waals surface area contributed by atoms with Crippen LogP contribution < -0.4 is 11.1 Å². The second-order valence-electron chi connectivity index (χ2n) is 4.64. The van der Waals surface area contributed by atoms with Crippen LogP contribution >= 0.6 is 0 Å². The molecule has 4 heteroatoms. The van der Waals surface area contributed by atoms with Gasteiger partial charge in [0.1, 0.15) is 5.76 Å². The number of rotatable bonds is 6. The summed E-state index contributed by atoms with van der Waals surface area (Å²) >= 11 is 0. The molecule has 0 aliphatic carbocycles. The zero-order valence-corrected chi connectivity index (χ0v) is 12.1. The van der Waals surface area contributed by atoms with Gasteiger partial charge < -0.3 is 20.9 Å². The second kappa shape index (κ2) is 6.81. The molecule has 2 aromatic carbocycles. The largest absolute Gasteiger partial charge is 0.494 e. The molecule has 2 aromatic rings. The van der Waals surface area contributed by atoms with Crippen molar-refractivity contribution in [1.82, 2.24) is 0 Å². The highest BCUT2D eigenvalue weighted by Crippen LogP contribution is 2.27. The van der Waals surface area contributed by atoms with Crippen LogP contribution in [0.15, 0.2) is 49.0 Å². The maximum Gasteiger partial charge on any atom is 0.119 e. The van der Waals surface area contributed by atoms with Crippen LogP contribution in [0.25, 0.3) is 5.76 Å². The summed E-state index contributed by atoms with van der Waals surface area (Å²) in [5, 5.41) is 12.4. The van der Waals surface area contributed by atoms with Crippen molar-refractivity contribution in [2.45, 2.75) is 13.5 Å². The normalized spacial score (nSPS) is 10.2. The molecule has 0 fully saturated rings. The minimum absolute atomic E-state index is 0.0120. The first-order valence-corrected chi connectivity index (χ1v) is 6.82. The molecule has 4 nitrogen and oxygen atoms in total. The molecular formula is C17H20N2O2. The number of aliphatic hydroxyl groups is 1. The average Bonchev–Trinajstić information content (AvgIpc) is 2.49.